The van der Waals surface area contributed by atoms with E-state index >= 15 is 0 Å². The first-order valence-corrected chi connectivity index (χ1v) is 7.27. The van der Waals surface area contributed by atoms with E-state index in [4.69, 9.17) is 5.73 Å². The highest BCUT2D eigenvalue weighted by Gasteiger charge is 2.27. The van der Waals surface area contributed by atoms with Gasteiger partial charge in [-0.05, 0) is 29.4 Å². The van der Waals surface area contributed by atoms with Crippen LogP contribution in [0.2, 0.25) is 0 Å². The van der Waals surface area contributed by atoms with Gasteiger partial charge in [-0.25, -0.2) is 0 Å². The summed E-state index contributed by atoms with van der Waals surface area (Å²) in [4.78, 5) is 27.5. The van der Waals surface area contributed by atoms with Crippen LogP contribution in [-0.4, -0.2) is 54.8 Å². The van der Waals surface area contributed by atoms with Crippen molar-refractivity contribution < 1.29 is 9.59 Å². The average Bonchev–Trinajstić information content (AvgIpc) is 2.76. The van der Waals surface area contributed by atoms with E-state index in [1.54, 1.807) is 16.2 Å². The van der Waals surface area contributed by atoms with Crippen LogP contribution in [-0.2, 0) is 16.0 Å². The van der Waals surface area contributed by atoms with Crippen LogP contribution < -0.4 is 5.73 Å². The van der Waals surface area contributed by atoms with Crippen molar-refractivity contribution >= 4 is 23.2 Å². The molecule has 2 heterocycles. The molecular formula is C13H19N3O2S. The first-order chi connectivity index (χ1) is 9.06. The Kier molecular flexibility index (Phi) is 4.55. The van der Waals surface area contributed by atoms with Crippen LogP contribution in [0.3, 0.4) is 0 Å². The maximum Gasteiger partial charge on any atom is 0.227 e. The first kappa shape index (κ1) is 14.0. The van der Waals surface area contributed by atoms with Gasteiger partial charge in [-0.2, -0.15) is 11.3 Å². The third kappa shape index (κ3) is 3.78. The number of primary amides is 1. The lowest BCUT2D eigenvalue weighted by Crippen LogP contribution is -2.40. The van der Waals surface area contributed by atoms with E-state index < -0.39 is 0 Å². The molecule has 104 valence electrons. The van der Waals surface area contributed by atoms with Gasteiger partial charge in [0.05, 0.1) is 12.3 Å². The summed E-state index contributed by atoms with van der Waals surface area (Å²) in [5.74, 6) is -0.541. The molecule has 1 aromatic rings. The summed E-state index contributed by atoms with van der Waals surface area (Å²) >= 11 is 1.59. The van der Waals surface area contributed by atoms with Crippen molar-refractivity contribution in [2.75, 3.05) is 33.2 Å². The Morgan fingerprint density at radius 3 is 2.84 bits per heavy atom. The van der Waals surface area contributed by atoms with Gasteiger partial charge in [-0.15, -0.1) is 0 Å². The van der Waals surface area contributed by atoms with Crippen molar-refractivity contribution in [2.45, 2.75) is 6.42 Å². The topological polar surface area (TPSA) is 66.6 Å². The number of thiophene rings is 1. The second kappa shape index (κ2) is 6.16. The molecule has 1 aliphatic rings. The predicted octanol–water partition coefficient (Wildman–Crippen LogP) is 0.166. The van der Waals surface area contributed by atoms with Crippen LogP contribution in [0.4, 0.5) is 0 Å². The largest absolute Gasteiger partial charge is 0.369 e. The van der Waals surface area contributed by atoms with Crippen molar-refractivity contribution in [3.63, 3.8) is 0 Å². The van der Waals surface area contributed by atoms with E-state index in [1.807, 2.05) is 28.8 Å². The van der Waals surface area contributed by atoms with E-state index in [0.717, 1.165) is 12.1 Å². The van der Waals surface area contributed by atoms with Crippen molar-refractivity contribution in [3.8, 4) is 0 Å². The van der Waals surface area contributed by atoms with Gasteiger partial charge in [0.1, 0.15) is 0 Å². The molecular weight excluding hydrogens is 262 g/mol. The maximum atomic E-state index is 12.3. The fourth-order valence-electron chi connectivity index (χ4n) is 2.26. The van der Waals surface area contributed by atoms with Crippen molar-refractivity contribution in [3.05, 3.63) is 22.4 Å². The molecule has 0 aliphatic carbocycles. The zero-order valence-corrected chi connectivity index (χ0v) is 11.9. The molecule has 2 amide bonds. The number of nitrogens with two attached hydrogens (primary N) is 1. The number of hydrogen-bond acceptors (Lipinski definition) is 4. The van der Waals surface area contributed by atoms with Crippen LogP contribution in [0.25, 0.3) is 0 Å². The molecule has 0 saturated carbocycles. The van der Waals surface area contributed by atoms with Gasteiger partial charge in [0, 0.05) is 26.2 Å². The first-order valence-electron chi connectivity index (χ1n) is 6.33. The second-order valence-electron chi connectivity index (χ2n) is 5.01. The minimum atomic E-state index is -0.331. The number of hydrogen-bond donors (Lipinski definition) is 1. The zero-order valence-electron chi connectivity index (χ0n) is 11.0. The third-order valence-electron chi connectivity index (χ3n) is 3.41. The van der Waals surface area contributed by atoms with E-state index in [-0.39, 0.29) is 17.7 Å². The smallest absolute Gasteiger partial charge is 0.227 e. The van der Waals surface area contributed by atoms with Crippen LogP contribution in [0, 0.1) is 5.92 Å². The quantitative estimate of drug-likeness (QED) is 0.858. The van der Waals surface area contributed by atoms with E-state index in [2.05, 4.69) is 0 Å². The normalized spacial score (nSPS) is 21.1. The summed E-state index contributed by atoms with van der Waals surface area (Å²) in [5, 5.41) is 3.94. The zero-order chi connectivity index (χ0) is 13.8. The Labute approximate surface area is 117 Å². The van der Waals surface area contributed by atoms with E-state index in [1.165, 1.54) is 0 Å². The lowest BCUT2D eigenvalue weighted by atomic mass is 10.1. The molecule has 2 rings (SSSR count). The molecule has 0 aromatic carbocycles. The fraction of sp³-hybridized carbons (Fsp3) is 0.538. The summed E-state index contributed by atoms with van der Waals surface area (Å²) in [6, 6.07) is 1.96. The highest BCUT2D eigenvalue weighted by molar-refractivity contribution is 7.07. The summed E-state index contributed by atoms with van der Waals surface area (Å²) in [5.41, 5.74) is 6.43. The van der Waals surface area contributed by atoms with Gasteiger partial charge in [0.2, 0.25) is 11.8 Å². The van der Waals surface area contributed by atoms with E-state index in [0.29, 0.717) is 26.1 Å². The second-order valence-corrected chi connectivity index (χ2v) is 5.79. The number of nitrogens with zero attached hydrogens (tertiary/aromatic N) is 2. The molecule has 19 heavy (non-hydrogen) atoms. The fourth-order valence-corrected chi connectivity index (χ4v) is 2.93. The van der Waals surface area contributed by atoms with E-state index in [9.17, 15) is 9.59 Å². The van der Waals surface area contributed by atoms with Gasteiger partial charge >= 0.3 is 0 Å². The SMILES string of the molecule is CN1CCN(C(=O)Cc2ccsc2)CC(C(N)=O)C1. The molecule has 0 radical (unpaired) electrons. The Balaban J connectivity index is 2.01. The Hall–Kier alpha value is -1.40. The summed E-state index contributed by atoms with van der Waals surface area (Å²) in [6.07, 6.45) is 0.401. The monoisotopic (exact) mass is 281 g/mol. The van der Waals surface area contributed by atoms with Gasteiger partial charge in [-0.1, -0.05) is 0 Å². The number of rotatable bonds is 3. The number of likely N-dealkylation sites (N-methyl/N-ethyl adjacent to an activating group) is 1. The lowest BCUT2D eigenvalue weighted by molar-refractivity contribution is -0.131. The maximum absolute atomic E-state index is 12.3. The molecule has 0 spiro atoms. The Morgan fingerprint density at radius 2 is 2.21 bits per heavy atom. The van der Waals surface area contributed by atoms with Crippen LogP contribution in [0.5, 0.6) is 0 Å². The molecule has 1 aliphatic heterocycles. The summed E-state index contributed by atoms with van der Waals surface area (Å²) in [7, 11) is 1.95. The highest BCUT2D eigenvalue weighted by Crippen LogP contribution is 2.12. The summed E-state index contributed by atoms with van der Waals surface area (Å²) < 4.78 is 0. The molecule has 5 nitrogen and oxygen atoms in total. The number of carbonyl (C=O) groups excluding carboxylic acids is 2. The van der Waals surface area contributed by atoms with Crippen molar-refractivity contribution in [1.29, 1.82) is 0 Å². The molecule has 1 unspecified atom stereocenters. The number of amides is 2. The minimum absolute atomic E-state index is 0.0694. The standard InChI is InChI=1S/C13H19N3O2S/c1-15-3-4-16(8-11(7-15)13(14)18)12(17)6-10-2-5-19-9-10/h2,5,9,11H,3-4,6-8H2,1H3,(H2,14,18). The molecule has 6 heteroatoms. The van der Waals surface area contributed by atoms with Gasteiger partial charge in [0.25, 0.3) is 0 Å². The van der Waals surface area contributed by atoms with Gasteiger partial charge in [0.15, 0.2) is 0 Å². The Bertz CT molecular complexity index is 447. The highest BCUT2D eigenvalue weighted by atomic mass is 32.1. The van der Waals surface area contributed by atoms with Crippen LogP contribution in [0.1, 0.15) is 5.56 Å². The molecule has 1 saturated heterocycles. The van der Waals surface area contributed by atoms with Crippen LogP contribution >= 0.6 is 11.3 Å². The van der Waals surface area contributed by atoms with Crippen molar-refractivity contribution in [1.82, 2.24) is 9.80 Å². The Morgan fingerprint density at radius 1 is 1.42 bits per heavy atom. The third-order valence-corrected chi connectivity index (χ3v) is 4.15. The van der Waals surface area contributed by atoms with Gasteiger partial charge in [-0.3, -0.25) is 9.59 Å². The summed E-state index contributed by atoms with van der Waals surface area (Å²) in [6.45, 7) is 2.49. The molecule has 1 fully saturated rings. The lowest BCUT2D eigenvalue weighted by Gasteiger charge is -2.22. The number of carbonyl (C=O) groups is 2. The molecule has 1 atom stereocenters. The van der Waals surface area contributed by atoms with Gasteiger partial charge < -0.3 is 15.5 Å². The van der Waals surface area contributed by atoms with Crippen molar-refractivity contribution in [2.24, 2.45) is 11.7 Å². The molecule has 0 bridgehead atoms. The molecule has 2 N–H and O–H groups in total. The predicted molar refractivity (Wildman–Crippen MR) is 74.8 cm³/mol. The minimum Gasteiger partial charge on any atom is -0.369 e. The average molecular weight is 281 g/mol. The molecule has 1 aromatic heterocycles. The van der Waals surface area contributed by atoms with Crippen LogP contribution in [0.15, 0.2) is 16.8 Å².